The van der Waals surface area contributed by atoms with Crippen molar-refractivity contribution < 1.29 is 8.42 Å². The molecule has 0 aliphatic carbocycles. The number of halogens is 1. The minimum Gasteiger partial charge on any atom is -0.229 e. The molecule has 0 bridgehead atoms. The van der Waals surface area contributed by atoms with Crippen LogP contribution in [-0.4, -0.2) is 25.8 Å². The molecule has 24 heavy (non-hydrogen) atoms. The van der Waals surface area contributed by atoms with Gasteiger partial charge in [-0.3, -0.25) is 0 Å². The quantitative estimate of drug-likeness (QED) is 0.180. The van der Waals surface area contributed by atoms with Gasteiger partial charge in [0, 0.05) is 5.88 Å². The summed E-state index contributed by atoms with van der Waals surface area (Å²) in [7, 11) is -2.88. The predicted octanol–water partition coefficient (Wildman–Crippen LogP) is 6.90. The first kappa shape index (κ1) is 24.2. The largest absolute Gasteiger partial charge is 0.229 e. The molecule has 0 N–H and O–H groups in total. The van der Waals surface area contributed by atoms with E-state index in [-0.39, 0.29) is 11.6 Å². The second-order valence-corrected chi connectivity index (χ2v) is 9.83. The smallest absolute Gasteiger partial charge is 0.151 e. The van der Waals surface area contributed by atoms with Crippen LogP contribution in [0.4, 0.5) is 0 Å². The number of rotatable bonds is 19. The number of alkyl halides is 1. The first-order valence-electron chi connectivity index (χ1n) is 10.4. The van der Waals surface area contributed by atoms with Gasteiger partial charge in [-0.1, -0.05) is 103 Å². The summed E-state index contributed by atoms with van der Waals surface area (Å²) < 4.78 is 23.0. The van der Waals surface area contributed by atoms with Crippen molar-refractivity contribution in [2.75, 3.05) is 17.4 Å². The van der Waals surface area contributed by atoms with Gasteiger partial charge in [0.25, 0.3) is 0 Å². The zero-order valence-electron chi connectivity index (χ0n) is 16.0. The Morgan fingerprint density at radius 1 is 0.542 bits per heavy atom. The predicted molar refractivity (Wildman–Crippen MR) is 109 cm³/mol. The molecule has 0 amide bonds. The zero-order valence-corrected chi connectivity index (χ0v) is 17.6. The summed E-state index contributed by atoms with van der Waals surface area (Å²) in [4.78, 5) is 0. The van der Waals surface area contributed by atoms with Gasteiger partial charge in [0.2, 0.25) is 0 Å². The van der Waals surface area contributed by atoms with E-state index >= 15 is 0 Å². The van der Waals surface area contributed by atoms with Gasteiger partial charge in [0.05, 0.1) is 11.5 Å². The molecule has 0 aromatic carbocycles. The average molecular weight is 381 g/mol. The van der Waals surface area contributed by atoms with Crippen LogP contribution in [0.2, 0.25) is 0 Å². The molecule has 146 valence electrons. The van der Waals surface area contributed by atoms with Gasteiger partial charge in [-0.25, -0.2) is 8.42 Å². The maximum atomic E-state index is 11.5. The van der Waals surface area contributed by atoms with E-state index in [4.69, 9.17) is 11.6 Å². The molecule has 0 rings (SSSR count). The third-order valence-electron chi connectivity index (χ3n) is 4.70. The second-order valence-electron chi connectivity index (χ2n) is 7.14. The van der Waals surface area contributed by atoms with E-state index in [0.717, 1.165) is 12.8 Å². The van der Waals surface area contributed by atoms with Crippen LogP contribution in [0.25, 0.3) is 0 Å². The van der Waals surface area contributed by atoms with E-state index < -0.39 is 9.84 Å². The molecule has 0 heterocycles. The van der Waals surface area contributed by atoms with Gasteiger partial charge in [0.15, 0.2) is 9.84 Å². The Labute approximate surface area is 157 Å². The third-order valence-corrected chi connectivity index (χ3v) is 6.85. The van der Waals surface area contributed by atoms with E-state index in [1.54, 1.807) is 0 Å². The molecule has 0 aliphatic rings. The zero-order chi connectivity index (χ0) is 17.9. The van der Waals surface area contributed by atoms with E-state index in [1.165, 1.54) is 89.9 Å². The lowest BCUT2D eigenvalue weighted by atomic mass is 10.0. The minimum absolute atomic E-state index is 0.132. The van der Waals surface area contributed by atoms with Crippen molar-refractivity contribution in [3.8, 4) is 0 Å². The van der Waals surface area contributed by atoms with Gasteiger partial charge >= 0.3 is 0 Å². The lowest BCUT2D eigenvalue weighted by Crippen LogP contribution is -2.11. The van der Waals surface area contributed by atoms with E-state index in [0.29, 0.717) is 5.75 Å². The summed E-state index contributed by atoms with van der Waals surface area (Å²) in [6.45, 7) is 2.27. The normalized spacial score (nSPS) is 11.9. The fourth-order valence-corrected chi connectivity index (χ4v) is 4.88. The summed E-state index contributed by atoms with van der Waals surface area (Å²) in [6.07, 6.45) is 21.0. The fourth-order valence-electron chi connectivity index (χ4n) is 3.09. The van der Waals surface area contributed by atoms with E-state index in [9.17, 15) is 8.42 Å². The summed E-state index contributed by atoms with van der Waals surface area (Å²) in [5.74, 6) is 0.673. The van der Waals surface area contributed by atoms with Gasteiger partial charge in [-0.2, -0.15) is 0 Å². The van der Waals surface area contributed by atoms with E-state index in [1.807, 2.05) is 0 Å². The van der Waals surface area contributed by atoms with Crippen LogP contribution in [0, 0.1) is 0 Å². The summed E-state index contributed by atoms with van der Waals surface area (Å²) in [6, 6.07) is 0. The highest BCUT2D eigenvalue weighted by atomic mass is 35.5. The first-order valence-corrected chi connectivity index (χ1v) is 12.7. The van der Waals surface area contributed by atoms with Crippen LogP contribution < -0.4 is 0 Å². The summed E-state index contributed by atoms with van der Waals surface area (Å²) in [5, 5.41) is 0. The van der Waals surface area contributed by atoms with E-state index in [2.05, 4.69) is 6.92 Å². The van der Waals surface area contributed by atoms with Crippen molar-refractivity contribution in [2.45, 2.75) is 110 Å². The van der Waals surface area contributed by atoms with Crippen LogP contribution >= 0.6 is 11.6 Å². The van der Waals surface area contributed by atoms with Crippen molar-refractivity contribution >= 4 is 21.4 Å². The molecule has 0 saturated heterocycles. The van der Waals surface area contributed by atoms with Gasteiger partial charge in [-0.05, 0) is 6.42 Å². The van der Waals surface area contributed by atoms with Crippen molar-refractivity contribution in [3.63, 3.8) is 0 Å². The molecular formula is C20H41ClO2S. The molecule has 0 aromatic heterocycles. The van der Waals surface area contributed by atoms with Crippen LogP contribution in [0.1, 0.15) is 110 Å². The van der Waals surface area contributed by atoms with Gasteiger partial charge < -0.3 is 0 Å². The Morgan fingerprint density at radius 2 is 0.875 bits per heavy atom. The molecule has 2 nitrogen and oxygen atoms in total. The molecule has 0 atom stereocenters. The number of hydrogen-bond donors (Lipinski definition) is 0. The SMILES string of the molecule is CCCCCCCCCCCCCCCCCCS(=O)(=O)CCCl. The fraction of sp³-hybridized carbons (Fsp3) is 1.00. The Hall–Kier alpha value is 0.240. The van der Waals surface area contributed by atoms with Crippen LogP contribution in [0.3, 0.4) is 0 Å². The Balaban J connectivity index is 3.13. The summed E-state index contributed by atoms with van der Waals surface area (Å²) in [5.41, 5.74) is 0. The lowest BCUT2D eigenvalue weighted by Gasteiger charge is -2.04. The highest BCUT2D eigenvalue weighted by Gasteiger charge is 2.08. The topological polar surface area (TPSA) is 34.1 Å². The standard InChI is InChI=1S/C20H41ClO2S/c1-2-3-4-5-6-7-8-9-10-11-12-13-14-15-16-17-19-24(22,23)20-18-21/h2-20H2,1H3. The third kappa shape index (κ3) is 18.6. The van der Waals surface area contributed by atoms with Crippen LogP contribution in [0.15, 0.2) is 0 Å². The number of sulfone groups is 1. The molecule has 0 aliphatic heterocycles. The Morgan fingerprint density at radius 3 is 1.21 bits per heavy atom. The number of hydrogen-bond acceptors (Lipinski definition) is 2. The maximum absolute atomic E-state index is 11.5. The number of unbranched alkanes of at least 4 members (excludes halogenated alkanes) is 15. The highest BCUT2D eigenvalue weighted by molar-refractivity contribution is 7.91. The van der Waals surface area contributed by atoms with Crippen LogP contribution in [0.5, 0.6) is 0 Å². The van der Waals surface area contributed by atoms with Crippen molar-refractivity contribution in [3.05, 3.63) is 0 Å². The lowest BCUT2D eigenvalue weighted by molar-refractivity contribution is 0.531. The Bertz CT molecular complexity index is 342. The van der Waals surface area contributed by atoms with Crippen molar-refractivity contribution in [2.24, 2.45) is 0 Å². The molecule has 0 radical (unpaired) electrons. The molecule has 0 spiro atoms. The summed E-state index contributed by atoms with van der Waals surface area (Å²) >= 11 is 5.48. The monoisotopic (exact) mass is 380 g/mol. The van der Waals surface area contributed by atoms with Crippen molar-refractivity contribution in [1.82, 2.24) is 0 Å². The second kappa shape index (κ2) is 18.0. The Kier molecular flexibility index (Phi) is 18.2. The highest BCUT2D eigenvalue weighted by Crippen LogP contribution is 2.13. The molecule has 0 fully saturated rings. The van der Waals surface area contributed by atoms with Crippen LogP contribution in [-0.2, 0) is 9.84 Å². The average Bonchev–Trinajstić information content (AvgIpc) is 2.54. The van der Waals surface area contributed by atoms with Gasteiger partial charge in [-0.15, -0.1) is 11.6 Å². The molecule has 4 heteroatoms. The maximum Gasteiger partial charge on any atom is 0.151 e. The molecule has 0 aromatic rings. The molecular weight excluding hydrogens is 340 g/mol. The van der Waals surface area contributed by atoms with Gasteiger partial charge in [0.1, 0.15) is 0 Å². The molecule has 0 saturated carbocycles. The van der Waals surface area contributed by atoms with Crippen molar-refractivity contribution in [1.29, 1.82) is 0 Å². The molecule has 0 unspecified atom stereocenters. The minimum atomic E-state index is -2.88. The first-order chi connectivity index (χ1) is 11.6.